The smallest absolute Gasteiger partial charge is 0.0429 e. The first-order valence-electron chi connectivity index (χ1n) is 6.57. The monoisotopic (exact) mass is 231 g/mol. The highest BCUT2D eigenvalue weighted by Gasteiger charge is 2.28. The molecule has 0 radical (unpaired) electrons. The molecule has 2 N–H and O–H groups in total. The molecule has 1 fully saturated rings. The molecule has 1 atom stereocenters. The van der Waals surface area contributed by atoms with E-state index in [1.807, 2.05) is 6.07 Å². The fraction of sp³-hybridized carbons (Fsp3) is 0.571. The van der Waals surface area contributed by atoms with Crippen molar-refractivity contribution in [2.45, 2.75) is 25.3 Å². The first-order chi connectivity index (χ1) is 8.24. The third kappa shape index (κ3) is 2.00. The van der Waals surface area contributed by atoms with E-state index in [0.29, 0.717) is 6.04 Å². The van der Waals surface area contributed by atoms with Crippen LogP contribution in [0.1, 0.15) is 18.4 Å². The number of hydrogen-bond donors (Lipinski definition) is 1. The molecule has 0 aromatic heterocycles. The van der Waals surface area contributed by atoms with Crippen molar-refractivity contribution < 1.29 is 0 Å². The third-order valence-corrected chi connectivity index (χ3v) is 4.07. The Morgan fingerprint density at radius 3 is 2.94 bits per heavy atom. The first kappa shape index (κ1) is 10.9. The lowest BCUT2D eigenvalue weighted by Crippen LogP contribution is -2.40. The van der Waals surface area contributed by atoms with Crippen LogP contribution < -0.4 is 10.6 Å². The van der Waals surface area contributed by atoms with Crippen molar-refractivity contribution in [3.63, 3.8) is 0 Å². The van der Waals surface area contributed by atoms with Gasteiger partial charge in [-0.3, -0.25) is 0 Å². The molecule has 0 spiro atoms. The highest BCUT2D eigenvalue weighted by Crippen LogP contribution is 2.32. The molecule has 0 amide bonds. The number of nitrogens with two attached hydrogens (primary N) is 1. The normalized spacial score (nSPS) is 25.0. The van der Waals surface area contributed by atoms with Gasteiger partial charge in [-0.2, -0.15) is 0 Å². The zero-order valence-corrected chi connectivity index (χ0v) is 10.5. The second-order valence-electron chi connectivity index (χ2n) is 5.39. The molecule has 0 bridgehead atoms. The summed E-state index contributed by atoms with van der Waals surface area (Å²) in [6.07, 6.45) is 3.73. The van der Waals surface area contributed by atoms with E-state index in [0.717, 1.165) is 5.69 Å². The average molecular weight is 231 g/mol. The van der Waals surface area contributed by atoms with E-state index in [1.54, 1.807) is 0 Å². The molecule has 2 aliphatic heterocycles. The van der Waals surface area contributed by atoms with Crippen LogP contribution in [0, 0.1) is 0 Å². The minimum atomic E-state index is 0.697. The number of hydrogen-bond acceptors (Lipinski definition) is 3. The minimum Gasteiger partial charge on any atom is -0.399 e. The van der Waals surface area contributed by atoms with Crippen molar-refractivity contribution in [3.8, 4) is 0 Å². The van der Waals surface area contributed by atoms with Crippen LogP contribution in [-0.2, 0) is 6.42 Å². The van der Waals surface area contributed by atoms with E-state index in [9.17, 15) is 0 Å². The van der Waals surface area contributed by atoms with E-state index in [4.69, 9.17) is 5.73 Å². The molecular weight excluding hydrogens is 210 g/mol. The van der Waals surface area contributed by atoms with Gasteiger partial charge in [0.05, 0.1) is 0 Å². The lowest BCUT2D eigenvalue weighted by atomic mass is 9.99. The van der Waals surface area contributed by atoms with Gasteiger partial charge >= 0.3 is 0 Å². The molecule has 17 heavy (non-hydrogen) atoms. The number of aryl methyl sites for hydroxylation is 1. The lowest BCUT2D eigenvalue weighted by Gasteiger charge is -2.36. The largest absolute Gasteiger partial charge is 0.399 e. The van der Waals surface area contributed by atoms with Crippen molar-refractivity contribution in [1.82, 2.24) is 4.90 Å². The number of likely N-dealkylation sites (N-methyl/N-ethyl adjacent to an activating group) is 1. The standard InChI is InChI=1S/C14H21N3/c1-16-8-6-13(10-16)17-7-2-3-11-9-12(15)4-5-14(11)17/h4-5,9,13H,2-3,6-8,10,15H2,1H3/t13-/m0/s1. The van der Waals surface area contributed by atoms with Gasteiger partial charge in [0.2, 0.25) is 0 Å². The molecule has 92 valence electrons. The van der Waals surface area contributed by atoms with Gasteiger partial charge in [-0.25, -0.2) is 0 Å². The molecule has 3 rings (SSSR count). The second-order valence-corrected chi connectivity index (χ2v) is 5.39. The molecule has 3 nitrogen and oxygen atoms in total. The van der Waals surface area contributed by atoms with Gasteiger partial charge in [-0.05, 0) is 56.6 Å². The van der Waals surface area contributed by atoms with Gasteiger partial charge in [0.15, 0.2) is 0 Å². The fourth-order valence-corrected chi connectivity index (χ4v) is 3.19. The Balaban J connectivity index is 1.89. The number of benzene rings is 1. The number of likely N-dealkylation sites (tertiary alicyclic amines) is 1. The van der Waals surface area contributed by atoms with Crippen LogP contribution >= 0.6 is 0 Å². The number of anilines is 2. The van der Waals surface area contributed by atoms with Crippen LogP contribution in [0.15, 0.2) is 18.2 Å². The summed E-state index contributed by atoms with van der Waals surface area (Å²) in [5, 5.41) is 0. The van der Waals surface area contributed by atoms with Crippen LogP contribution in [0.25, 0.3) is 0 Å². The lowest BCUT2D eigenvalue weighted by molar-refractivity contribution is 0.406. The molecule has 2 heterocycles. The predicted molar refractivity (Wildman–Crippen MR) is 72.4 cm³/mol. The molecule has 1 saturated heterocycles. The maximum atomic E-state index is 5.88. The quantitative estimate of drug-likeness (QED) is 0.747. The molecule has 1 aromatic rings. The minimum absolute atomic E-state index is 0.697. The molecule has 0 aliphatic carbocycles. The van der Waals surface area contributed by atoms with Gasteiger partial charge in [-0.1, -0.05) is 0 Å². The van der Waals surface area contributed by atoms with Crippen molar-refractivity contribution >= 4 is 11.4 Å². The van der Waals surface area contributed by atoms with Gasteiger partial charge in [-0.15, -0.1) is 0 Å². The SMILES string of the molecule is CN1CC[C@H](N2CCCc3cc(N)ccc32)C1. The molecule has 3 heteroatoms. The summed E-state index contributed by atoms with van der Waals surface area (Å²) < 4.78 is 0. The van der Waals surface area contributed by atoms with Crippen molar-refractivity contribution in [2.24, 2.45) is 0 Å². The Morgan fingerprint density at radius 1 is 1.29 bits per heavy atom. The van der Waals surface area contributed by atoms with E-state index in [2.05, 4.69) is 29.0 Å². The van der Waals surface area contributed by atoms with Crippen LogP contribution in [0.5, 0.6) is 0 Å². The van der Waals surface area contributed by atoms with Crippen LogP contribution in [0.2, 0.25) is 0 Å². The summed E-state index contributed by atoms with van der Waals surface area (Å²) in [6.45, 7) is 3.63. The zero-order chi connectivity index (χ0) is 11.8. The Bertz CT molecular complexity index is 416. The topological polar surface area (TPSA) is 32.5 Å². The molecule has 0 unspecified atom stereocenters. The maximum absolute atomic E-state index is 5.88. The van der Waals surface area contributed by atoms with Gasteiger partial charge < -0.3 is 15.5 Å². The fourth-order valence-electron chi connectivity index (χ4n) is 3.19. The summed E-state index contributed by atoms with van der Waals surface area (Å²) >= 11 is 0. The third-order valence-electron chi connectivity index (χ3n) is 4.07. The molecule has 0 saturated carbocycles. The Labute approximate surface area is 103 Å². The van der Waals surface area contributed by atoms with E-state index in [-0.39, 0.29) is 0 Å². The van der Waals surface area contributed by atoms with Crippen molar-refractivity contribution in [1.29, 1.82) is 0 Å². The summed E-state index contributed by atoms with van der Waals surface area (Å²) in [4.78, 5) is 5.03. The number of nitrogens with zero attached hydrogens (tertiary/aromatic N) is 2. The van der Waals surface area contributed by atoms with Gasteiger partial charge in [0.25, 0.3) is 0 Å². The number of rotatable bonds is 1. The van der Waals surface area contributed by atoms with E-state index < -0.39 is 0 Å². The van der Waals surface area contributed by atoms with Gasteiger partial charge in [0, 0.05) is 30.5 Å². The summed E-state index contributed by atoms with van der Waals surface area (Å²) in [6, 6.07) is 7.10. The second kappa shape index (κ2) is 4.22. The van der Waals surface area contributed by atoms with E-state index >= 15 is 0 Å². The highest BCUT2D eigenvalue weighted by atomic mass is 15.2. The van der Waals surface area contributed by atoms with Crippen LogP contribution in [0.3, 0.4) is 0 Å². The average Bonchev–Trinajstić information content (AvgIpc) is 2.74. The van der Waals surface area contributed by atoms with Gasteiger partial charge in [0.1, 0.15) is 0 Å². The summed E-state index contributed by atoms with van der Waals surface area (Å²) in [5.74, 6) is 0. The van der Waals surface area contributed by atoms with Crippen molar-refractivity contribution in [3.05, 3.63) is 23.8 Å². The van der Waals surface area contributed by atoms with Crippen molar-refractivity contribution in [2.75, 3.05) is 37.3 Å². The summed E-state index contributed by atoms with van der Waals surface area (Å²) in [5.41, 5.74) is 9.63. The summed E-state index contributed by atoms with van der Waals surface area (Å²) in [7, 11) is 2.22. The maximum Gasteiger partial charge on any atom is 0.0429 e. The Morgan fingerprint density at radius 2 is 2.18 bits per heavy atom. The number of fused-ring (bicyclic) bond motifs is 1. The first-order valence-corrected chi connectivity index (χ1v) is 6.57. The Hall–Kier alpha value is -1.22. The highest BCUT2D eigenvalue weighted by molar-refractivity contribution is 5.61. The Kier molecular flexibility index (Phi) is 2.71. The molecule has 2 aliphatic rings. The van der Waals surface area contributed by atoms with E-state index in [1.165, 1.54) is 50.1 Å². The zero-order valence-electron chi connectivity index (χ0n) is 10.5. The number of nitrogen functional groups attached to an aromatic ring is 1. The molecule has 1 aromatic carbocycles. The van der Waals surface area contributed by atoms with Crippen LogP contribution in [-0.4, -0.2) is 37.6 Å². The molecular formula is C14H21N3. The predicted octanol–water partition coefficient (Wildman–Crippen LogP) is 1.73. The van der Waals surface area contributed by atoms with Crippen LogP contribution in [0.4, 0.5) is 11.4 Å².